The van der Waals surface area contributed by atoms with Crippen molar-refractivity contribution >= 4 is 29.9 Å². The molecule has 0 aliphatic heterocycles. The van der Waals surface area contributed by atoms with Gasteiger partial charge in [0, 0.05) is 19.6 Å². The van der Waals surface area contributed by atoms with Crippen molar-refractivity contribution in [1.29, 1.82) is 0 Å². The van der Waals surface area contributed by atoms with E-state index in [1.165, 1.54) is 25.7 Å². The molecule has 3 nitrogen and oxygen atoms in total. The monoisotopic (exact) mass is 351 g/mol. The Labute approximate surface area is 123 Å². The molecule has 2 N–H and O–H groups in total. The maximum absolute atomic E-state index is 4.65. The summed E-state index contributed by atoms with van der Waals surface area (Å²) in [4.78, 5) is 4.65. The predicted molar refractivity (Wildman–Crippen MR) is 86.2 cm³/mol. The number of hydrogen-bond donors (Lipinski definition) is 2. The van der Waals surface area contributed by atoms with Crippen LogP contribution in [-0.2, 0) is 0 Å². The van der Waals surface area contributed by atoms with Crippen LogP contribution in [0.2, 0.25) is 0 Å². The number of rotatable bonds is 5. The topological polar surface area (TPSA) is 36.4 Å². The minimum absolute atomic E-state index is 0. The standard InChI is InChI=1S/C13H25N3.HI/c1-4-10-15-12(14-5-2)16-11-13(3)8-6-7-9-13;/h4H,1,5-11H2,2-3H3,(H2,14,15,16);1H. The maximum Gasteiger partial charge on any atom is 0.191 e. The molecule has 17 heavy (non-hydrogen) atoms. The highest BCUT2D eigenvalue weighted by molar-refractivity contribution is 14.0. The van der Waals surface area contributed by atoms with Crippen molar-refractivity contribution in [3.8, 4) is 0 Å². The molecule has 1 saturated carbocycles. The SMILES string of the molecule is C=CCNC(=NCC1(C)CCCC1)NCC.I. The van der Waals surface area contributed by atoms with Crippen molar-refractivity contribution < 1.29 is 0 Å². The number of halogens is 1. The molecule has 0 bridgehead atoms. The third kappa shape index (κ3) is 6.29. The maximum atomic E-state index is 4.65. The first-order chi connectivity index (χ1) is 7.70. The van der Waals surface area contributed by atoms with Crippen LogP contribution in [0.5, 0.6) is 0 Å². The fourth-order valence-corrected chi connectivity index (χ4v) is 2.17. The van der Waals surface area contributed by atoms with Gasteiger partial charge in [-0.2, -0.15) is 0 Å². The zero-order chi connectivity index (χ0) is 11.9. The first-order valence-electron chi connectivity index (χ1n) is 6.33. The molecule has 4 heteroatoms. The number of aliphatic imine (C=N–C) groups is 1. The molecule has 100 valence electrons. The molecule has 0 heterocycles. The second-order valence-electron chi connectivity index (χ2n) is 4.88. The lowest BCUT2D eigenvalue weighted by molar-refractivity contribution is 0.350. The van der Waals surface area contributed by atoms with Gasteiger partial charge < -0.3 is 10.6 Å². The fourth-order valence-electron chi connectivity index (χ4n) is 2.17. The lowest BCUT2D eigenvalue weighted by Gasteiger charge is -2.21. The summed E-state index contributed by atoms with van der Waals surface area (Å²) >= 11 is 0. The molecule has 0 aromatic carbocycles. The van der Waals surface area contributed by atoms with Crippen LogP contribution in [0, 0.1) is 5.41 Å². The van der Waals surface area contributed by atoms with E-state index in [0.717, 1.165) is 25.6 Å². The van der Waals surface area contributed by atoms with E-state index in [-0.39, 0.29) is 24.0 Å². The molecule has 0 unspecified atom stereocenters. The second-order valence-corrected chi connectivity index (χ2v) is 4.88. The van der Waals surface area contributed by atoms with Crippen molar-refractivity contribution in [2.45, 2.75) is 39.5 Å². The fraction of sp³-hybridized carbons (Fsp3) is 0.769. The third-order valence-corrected chi connectivity index (χ3v) is 3.19. The summed E-state index contributed by atoms with van der Waals surface area (Å²) in [7, 11) is 0. The first kappa shape index (κ1) is 16.7. The Hall–Kier alpha value is -0.260. The highest BCUT2D eigenvalue weighted by Crippen LogP contribution is 2.37. The van der Waals surface area contributed by atoms with Gasteiger partial charge in [-0.15, -0.1) is 30.6 Å². The molecule has 0 amide bonds. The zero-order valence-corrected chi connectivity index (χ0v) is 13.4. The molecular weight excluding hydrogens is 325 g/mol. The van der Waals surface area contributed by atoms with Gasteiger partial charge in [-0.1, -0.05) is 25.8 Å². The Kier molecular flexibility index (Phi) is 8.64. The van der Waals surface area contributed by atoms with E-state index in [1.807, 2.05) is 6.08 Å². The largest absolute Gasteiger partial charge is 0.357 e. The van der Waals surface area contributed by atoms with Gasteiger partial charge in [-0.3, -0.25) is 4.99 Å². The normalized spacial score (nSPS) is 18.4. The van der Waals surface area contributed by atoms with Crippen LogP contribution < -0.4 is 10.6 Å². The number of nitrogens with one attached hydrogen (secondary N) is 2. The minimum atomic E-state index is 0. The average Bonchev–Trinajstić information content (AvgIpc) is 2.70. The number of nitrogens with zero attached hydrogens (tertiary/aromatic N) is 1. The molecular formula is C13H26IN3. The molecule has 0 spiro atoms. The van der Waals surface area contributed by atoms with Crippen molar-refractivity contribution in [1.82, 2.24) is 10.6 Å². The van der Waals surface area contributed by atoms with Gasteiger partial charge in [0.25, 0.3) is 0 Å². The molecule has 0 atom stereocenters. The Balaban J connectivity index is 0.00000256. The van der Waals surface area contributed by atoms with Gasteiger partial charge in [0.15, 0.2) is 5.96 Å². The first-order valence-corrected chi connectivity index (χ1v) is 6.33. The van der Waals surface area contributed by atoms with E-state index in [4.69, 9.17) is 0 Å². The molecule has 0 saturated heterocycles. The highest BCUT2D eigenvalue weighted by Gasteiger charge is 2.28. The van der Waals surface area contributed by atoms with Crippen LogP contribution in [0.1, 0.15) is 39.5 Å². The van der Waals surface area contributed by atoms with E-state index in [1.54, 1.807) is 0 Å². The molecule has 1 aliphatic rings. The van der Waals surface area contributed by atoms with Crippen molar-refractivity contribution in [2.75, 3.05) is 19.6 Å². The summed E-state index contributed by atoms with van der Waals surface area (Å²) < 4.78 is 0. The van der Waals surface area contributed by atoms with E-state index in [2.05, 4.69) is 36.1 Å². The van der Waals surface area contributed by atoms with Gasteiger partial charge in [0.2, 0.25) is 0 Å². The Morgan fingerprint density at radius 1 is 1.35 bits per heavy atom. The minimum Gasteiger partial charge on any atom is -0.357 e. The summed E-state index contributed by atoms with van der Waals surface area (Å²) in [6.45, 7) is 10.7. The smallest absolute Gasteiger partial charge is 0.191 e. The predicted octanol–water partition coefficient (Wildman–Crippen LogP) is 2.93. The molecule has 0 aromatic heterocycles. The quantitative estimate of drug-likeness (QED) is 0.346. The average molecular weight is 351 g/mol. The number of guanidine groups is 1. The Morgan fingerprint density at radius 2 is 2.00 bits per heavy atom. The Bertz CT molecular complexity index is 245. The van der Waals surface area contributed by atoms with E-state index in [0.29, 0.717) is 5.41 Å². The van der Waals surface area contributed by atoms with E-state index in [9.17, 15) is 0 Å². The summed E-state index contributed by atoms with van der Waals surface area (Å²) in [5.74, 6) is 0.913. The van der Waals surface area contributed by atoms with Crippen LogP contribution >= 0.6 is 24.0 Å². The van der Waals surface area contributed by atoms with Gasteiger partial charge in [0.1, 0.15) is 0 Å². The van der Waals surface area contributed by atoms with Crippen LogP contribution in [0.4, 0.5) is 0 Å². The van der Waals surface area contributed by atoms with Gasteiger partial charge in [-0.25, -0.2) is 0 Å². The molecule has 1 rings (SSSR count). The van der Waals surface area contributed by atoms with Gasteiger partial charge in [0.05, 0.1) is 0 Å². The third-order valence-electron chi connectivity index (χ3n) is 3.19. The van der Waals surface area contributed by atoms with Crippen LogP contribution in [0.25, 0.3) is 0 Å². The lowest BCUT2D eigenvalue weighted by atomic mass is 9.89. The summed E-state index contributed by atoms with van der Waals surface area (Å²) in [6.07, 6.45) is 7.21. The van der Waals surface area contributed by atoms with Crippen molar-refractivity contribution in [2.24, 2.45) is 10.4 Å². The molecule has 0 radical (unpaired) electrons. The van der Waals surface area contributed by atoms with Gasteiger partial charge >= 0.3 is 0 Å². The van der Waals surface area contributed by atoms with Crippen LogP contribution in [0.15, 0.2) is 17.6 Å². The Morgan fingerprint density at radius 3 is 2.53 bits per heavy atom. The van der Waals surface area contributed by atoms with Gasteiger partial charge in [-0.05, 0) is 25.2 Å². The van der Waals surface area contributed by atoms with Crippen molar-refractivity contribution in [3.05, 3.63) is 12.7 Å². The molecule has 1 fully saturated rings. The summed E-state index contributed by atoms with van der Waals surface area (Å²) in [5.41, 5.74) is 0.427. The van der Waals surface area contributed by atoms with E-state index >= 15 is 0 Å². The van der Waals surface area contributed by atoms with Crippen molar-refractivity contribution in [3.63, 3.8) is 0 Å². The second kappa shape index (κ2) is 8.78. The van der Waals surface area contributed by atoms with Crippen LogP contribution in [-0.4, -0.2) is 25.6 Å². The molecule has 0 aromatic rings. The highest BCUT2D eigenvalue weighted by atomic mass is 127. The molecule has 1 aliphatic carbocycles. The number of hydrogen-bond acceptors (Lipinski definition) is 1. The zero-order valence-electron chi connectivity index (χ0n) is 11.1. The van der Waals surface area contributed by atoms with E-state index < -0.39 is 0 Å². The van der Waals surface area contributed by atoms with Crippen LogP contribution in [0.3, 0.4) is 0 Å². The summed E-state index contributed by atoms with van der Waals surface area (Å²) in [6, 6.07) is 0. The lowest BCUT2D eigenvalue weighted by Crippen LogP contribution is -2.38. The summed E-state index contributed by atoms with van der Waals surface area (Å²) in [5, 5.41) is 6.48.